The average molecular weight is 952 g/mol. The number of hydrogen-bond donors (Lipinski definition) is 0. The summed E-state index contributed by atoms with van der Waals surface area (Å²) in [6.45, 7) is 6.46. The van der Waals surface area contributed by atoms with Crippen molar-refractivity contribution < 1.29 is 28.6 Å². The first-order chi connectivity index (χ1) is 33.5. The minimum atomic E-state index is -0.764. The molecule has 0 radical (unpaired) electrons. The van der Waals surface area contributed by atoms with Gasteiger partial charge in [0.2, 0.25) is 0 Å². The molecule has 6 heteroatoms. The van der Waals surface area contributed by atoms with E-state index in [4.69, 9.17) is 14.2 Å². The topological polar surface area (TPSA) is 78.9 Å². The van der Waals surface area contributed by atoms with Crippen LogP contribution in [0.4, 0.5) is 0 Å². The van der Waals surface area contributed by atoms with Gasteiger partial charge < -0.3 is 14.2 Å². The minimum absolute atomic E-state index is 0.0692. The van der Waals surface area contributed by atoms with E-state index in [1.54, 1.807) is 0 Å². The Morgan fingerprint density at radius 1 is 0.309 bits per heavy atom. The number of carbonyl (C=O) groups is 3. The van der Waals surface area contributed by atoms with Crippen molar-refractivity contribution in [2.24, 2.45) is 0 Å². The molecule has 0 aromatic carbocycles. The van der Waals surface area contributed by atoms with Gasteiger partial charge in [-0.15, -0.1) is 0 Å². The zero-order valence-electron chi connectivity index (χ0n) is 45.1. The quantitative estimate of drug-likeness (QED) is 0.0262. The van der Waals surface area contributed by atoms with Crippen molar-refractivity contribution in [2.75, 3.05) is 13.2 Å². The maximum absolute atomic E-state index is 12.7. The maximum atomic E-state index is 12.7. The Kier molecular flexibility index (Phi) is 54.3. The Morgan fingerprint density at radius 3 is 0.897 bits per heavy atom. The number of carbonyl (C=O) groups excluding carboxylic acids is 3. The van der Waals surface area contributed by atoms with Gasteiger partial charge in [0.05, 0.1) is 0 Å². The summed E-state index contributed by atoms with van der Waals surface area (Å²) in [5.74, 6) is -0.872. The average Bonchev–Trinajstić information content (AvgIpc) is 3.34. The van der Waals surface area contributed by atoms with Crippen LogP contribution >= 0.6 is 0 Å². The Labute approximate surface area is 421 Å². The molecule has 0 rings (SSSR count). The largest absolute Gasteiger partial charge is 0.462 e. The number of hydrogen-bond acceptors (Lipinski definition) is 6. The Hall–Kier alpha value is -2.89. The first kappa shape index (κ1) is 65.1. The molecule has 0 aromatic heterocycles. The summed E-state index contributed by atoms with van der Waals surface area (Å²) in [5.41, 5.74) is 0. The minimum Gasteiger partial charge on any atom is -0.462 e. The molecule has 0 aliphatic carbocycles. The van der Waals surface area contributed by atoms with Crippen molar-refractivity contribution >= 4 is 17.9 Å². The SMILES string of the molecule is CC/C=C\C/C=C\C/C=C\C/C=C\C/C=C\CCCCCCCCCCCCCCCCCCCC(=O)OCC(COC(=O)CCCCCCC)OC(=O)CCCCCCCCCCCCCC. The second-order valence-corrected chi connectivity index (χ2v) is 19.5. The second kappa shape index (κ2) is 56.7. The van der Waals surface area contributed by atoms with Gasteiger partial charge in [-0.1, -0.05) is 274 Å². The van der Waals surface area contributed by atoms with Gasteiger partial charge in [0.1, 0.15) is 13.2 Å². The maximum Gasteiger partial charge on any atom is 0.306 e. The van der Waals surface area contributed by atoms with E-state index < -0.39 is 6.10 Å². The molecule has 6 nitrogen and oxygen atoms in total. The lowest BCUT2D eigenvalue weighted by molar-refractivity contribution is -0.167. The van der Waals surface area contributed by atoms with Crippen LogP contribution in [0.25, 0.3) is 0 Å². The first-order valence-electron chi connectivity index (χ1n) is 29.3. The van der Waals surface area contributed by atoms with Crippen molar-refractivity contribution in [1.29, 1.82) is 0 Å². The molecule has 0 fully saturated rings. The molecule has 0 bridgehead atoms. The van der Waals surface area contributed by atoms with Gasteiger partial charge in [0.25, 0.3) is 0 Å². The molecule has 0 saturated carbocycles. The molecule has 0 amide bonds. The highest BCUT2D eigenvalue weighted by atomic mass is 16.6. The fourth-order valence-corrected chi connectivity index (χ4v) is 8.41. The zero-order valence-corrected chi connectivity index (χ0v) is 45.1. The third-order valence-electron chi connectivity index (χ3n) is 12.8. The fraction of sp³-hybridized carbons (Fsp3) is 0.790. The van der Waals surface area contributed by atoms with Crippen molar-refractivity contribution in [2.45, 2.75) is 303 Å². The summed E-state index contributed by atoms with van der Waals surface area (Å²) < 4.78 is 16.7. The van der Waals surface area contributed by atoms with E-state index in [1.165, 1.54) is 161 Å². The lowest BCUT2D eigenvalue weighted by atomic mass is 10.0. The van der Waals surface area contributed by atoms with Crippen LogP contribution in [-0.2, 0) is 28.6 Å². The molecule has 0 aliphatic rings. The van der Waals surface area contributed by atoms with E-state index in [0.29, 0.717) is 19.3 Å². The van der Waals surface area contributed by atoms with Crippen LogP contribution in [0.2, 0.25) is 0 Å². The molecule has 1 unspecified atom stereocenters. The van der Waals surface area contributed by atoms with E-state index in [-0.39, 0.29) is 31.1 Å². The number of ether oxygens (including phenoxy) is 3. The smallest absolute Gasteiger partial charge is 0.306 e. The molecular weight excluding hydrogens is 841 g/mol. The summed E-state index contributed by atoms with van der Waals surface area (Å²) in [6, 6.07) is 0. The number of rotatable bonds is 53. The molecule has 0 aliphatic heterocycles. The number of esters is 3. The fourth-order valence-electron chi connectivity index (χ4n) is 8.41. The van der Waals surface area contributed by atoms with Crippen molar-refractivity contribution in [3.63, 3.8) is 0 Å². The molecule has 394 valence electrons. The summed E-state index contributed by atoms with van der Waals surface area (Å²) in [4.78, 5) is 37.7. The van der Waals surface area contributed by atoms with Crippen molar-refractivity contribution in [3.8, 4) is 0 Å². The van der Waals surface area contributed by atoms with Gasteiger partial charge in [-0.3, -0.25) is 14.4 Å². The van der Waals surface area contributed by atoms with Gasteiger partial charge in [-0.2, -0.15) is 0 Å². The van der Waals surface area contributed by atoms with Crippen LogP contribution in [-0.4, -0.2) is 37.2 Å². The molecule has 0 aromatic rings. The predicted octanol–water partition coefficient (Wildman–Crippen LogP) is 19.6. The normalized spacial score (nSPS) is 12.5. The van der Waals surface area contributed by atoms with Crippen LogP contribution in [0.15, 0.2) is 60.8 Å². The van der Waals surface area contributed by atoms with Crippen LogP contribution in [0.3, 0.4) is 0 Å². The van der Waals surface area contributed by atoms with Crippen LogP contribution < -0.4 is 0 Å². The third-order valence-corrected chi connectivity index (χ3v) is 12.8. The first-order valence-corrected chi connectivity index (χ1v) is 29.3. The molecule has 0 spiro atoms. The monoisotopic (exact) mass is 951 g/mol. The van der Waals surface area contributed by atoms with Crippen LogP contribution in [0.1, 0.15) is 297 Å². The Morgan fingerprint density at radius 2 is 0.574 bits per heavy atom. The second-order valence-electron chi connectivity index (χ2n) is 19.5. The van der Waals surface area contributed by atoms with E-state index in [0.717, 1.165) is 96.3 Å². The number of unbranched alkanes of at least 4 members (excludes halogenated alkanes) is 32. The molecular formula is C62H110O6. The Bertz CT molecular complexity index is 1230. The van der Waals surface area contributed by atoms with Gasteiger partial charge >= 0.3 is 17.9 Å². The molecule has 68 heavy (non-hydrogen) atoms. The van der Waals surface area contributed by atoms with Gasteiger partial charge in [0, 0.05) is 19.3 Å². The van der Waals surface area contributed by atoms with E-state index in [9.17, 15) is 14.4 Å². The lowest BCUT2D eigenvalue weighted by Gasteiger charge is -2.18. The van der Waals surface area contributed by atoms with Crippen LogP contribution in [0.5, 0.6) is 0 Å². The zero-order chi connectivity index (χ0) is 49.3. The lowest BCUT2D eigenvalue weighted by Crippen LogP contribution is -2.30. The van der Waals surface area contributed by atoms with Gasteiger partial charge in [0.15, 0.2) is 6.10 Å². The highest BCUT2D eigenvalue weighted by Crippen LogP contribution is 2.17. The highest BCUT2D eigenvalue weighted by molar-refractivity contribution is 5.71. The Balaban J connectivity index is 3.89. The molecule has 1 atom stereocenters. The molecule has 0 saturated heterocycles. The van der Waals surface area contributed by atoms with E-state index in [1.807, 2.05) is 0 Å². The summed E-state index contributed by atoms with van der Waals surface area (Å²) in [7, 11) is 0. The third kappa shape index (κ3) is 54.1. The highest BCUT2D eigenvalue weighted by Gasteiger charge is 2.19. The van der Waals surface area contributed by atoms with Crippen molar-refractivity contribution in [3.05, 3.63) is 60.8 Å². The van der Waals surface area contributed by atoms with Crippen LogP contribution in [0, 0.1) is 0 Å². The van der Waals surface area contributed by atoms with E-state index >= 15 is 0 Å². The van der Waals surface area contributed by atoms with Crippen molar-refractivity contribution in [1.82, 2.24) is 0 Å². The van der Waals surface area contributed by atoms with Gasteiger partial charge in [-0.05, 0) is 64.2 Å². The van der Waals surface area contributed by atoms with Gasteiger partial charge in [-0.25, -0.2) is 0 Å². The predicted molar refractivity (Wildman–Crippen MR) is 293 cm³/mol. The number of allylic oxidation sites excluding steroid dienone is 10. The van der Waals surface area contributed by atoms with E-state index in [2.05, 4.69) is 81.5 Å². The summed E-state index contributed by atoms with van der Waals surface area (Å²) in [6.07, 6.45) is 71.4. The molecule has 0 N–H and O–H groups in total. The summed E-state index contributed by atoms with van der Waals surface area (Å²) >= 11 is 0. The standard InChI is InChI=1S/C62H110O6/c1-4-7-10-13-15-17-19-21-22-23-24-25-26-27-28-29-30-31-32-33-34-35-36-37-38-39-40-41-43-44-46-49-52-55-61(64)67-58-59(57-66-60(63)54-51-48-12-9-6-3)68-62(65)56-53-50-47-45-42-20-18-16-14-11-8-5-2/h7,10,15,17,21-22,24-25,27-28,59H,4-6,8-9,11-14,16,18-20,23,26,29-58H2,1-3H3/b10-7-,17-15-,22-21-,25-24-,28-27-. The summed E-state index contributed by atoms with van der Waals surface area (Å²) in [5, 5.41) is 0. The molecule has 0 heterocycles.